The molecule has 0 bridgehead atoms. The van der Waals surface area contributed by atoms with E-state index in [1.54, 1.807) is 10.9 Å². The van der Waals surface area contributed by atoms with Crippen molar-refractivity contribution < 1.29 is 9.59 Å². The first kappa shape index (κ1) is 17.9. The maximum absolute atomic E-state index is 12.7. The highest BCUT2D eigenvalue weighted by atomic mass is 16.2. The van der Waals surface area contributed by atoms with Crippen LogP contribution in [0.15, 0.2) is 54.7 Å². The molecule has 0 saturated carbocycles. The number of amides is 2. The van der Waals surface area contributed by atoms with E-state index in [1.165, 1.54) is 0 Å². The van der Waals surface area contributed by atoms with E-state index >= 15 is 0 Å². The lowest BCUT2D eigenvalue weighted by Crippen LogP contribution is -2.38. The first-order valence-corrected chi connectivity index (χ1v) is 9.29. The molecule has 1 aliphatic heterocycles. The summed E-state index contributed by atoms with van der Waals surface area (Å²) in [5.41, 5.74) is 3.60. The zero-order chi connectivity index (χ0) is 19.5. The van der Waals surface area contributed by atoms with Gasteiger partial charge in [0.2, 0.25) is 5.91 Å². The lowest BCUT2D eigenvalue weighted by atomic mass is 10.0. The van der Waals surface area contributed by atoms with Crippen molar-refractivity contribution >= 4 is 17.5 Å². The van der Waals surface area contributed by atoms with Crippen molar-refractivity contribution in [2.24, 2.45) is 0 Å². The number of nitrogens with one attached hydrogen (secondary N) is 2. The predicted molar refractivity (Wildman–Crippen MR) is 106 cm³/mol. The van der Waals surface area contributed by atoms with Gasteiger partial charge in [-0.05, 0) is 43.5 Å². The van der Waals surface area contributed by atoms with Crippen molar-refractivity contribution in [3.05, 3.63) is 65.9 Å². The largest absolute Gasteiger partial charge is 0.354 e. The fraction of sp³-hybridized carbons (Fsp3) is 0.238. The highest BCUT2D eigenvalue weighted by Crippen LogP contribution is 2.24. The molecule has 0 spiro atoms. The van der Waals surface area contributed by atoms with Gasteiger partial charge in [-0.2, -0.15) is 0 Å². The molecule has 7 heteroatoms. The summed E-state index contributed by atoms with van der Waals surface area (Å²) in [6, 6.07) is 14.6. The molecular weight excluding hydrogens is 354 g/mol. The average molecular weight is 375 g/mol. The fourth-order valence-electron chi connectivity index (χ4n) is 3.32. The lowest BCUT2D eigenvalue weighted by molar-refractivity contribution is -0.126. The van der Waals surface area contributed by atoms with Crippen LogP contribution in [0.25, 0.3) is 11.3 Å². The van der Waals surface area contributed by atoms with Gasteiger partial charge in [0, 0.05) is 23.4 Å². The number of piperidine rings is 1. The van der Waals surface area contributed by atoms with Crippen LogP contribution in [-0.4, -0.2) is 33.4 Å². The van der Waals surface area contributed by atoms with Gasteiger partial charge in [-0.3, -0.25) is 9.59 Å². The maximum Gasteiger partial charge on any atom is 0.255 e. The van der Waals surface area contributed by atoms with Gasteiger partial charge in [0.15, 0.2) is 0 Å². The van der Waals surface area contributed by atoms with Crippen LogP contribution in [0.4, 0.5) is 5.69 Å². The van der Waals surface area contributed by atoms with Gasteiger partial charge in [0.1, 0.15) is 11.7 Å². The van der Waals surface area contributed by atoms with E-state index in [0.29, 0.717) is 17.8 Å². The molecular formula is C21H21N5O2. The number of para-hydroxylation sites is 1. The Kier molecular flexibility index (Phi) is 4.89. The van der Waals surface area contributed by atoms with Crippen molar-refractivity contribution in [3.63, 3.8) is 0 Å². The van der Waals surface area contributed by atoms with Crippen molar-refractivity contribution in [2.75, 3.05) is 11.9 Å². The Morgan fingerprint density at radius 3 is 2.82 bits per heavy atom. The molecule has 28 heavy (non-hydrogen) atoms. The van der Waals surface area contributed by atoms with Crippen LogP contribution in [-0.2, 0) is 4.79 Å². The summed E-state index contributed by atoms with van der Waals surface area (Å²) >= 11 is 0. The van der Waals surface area contributed by atoms with Crippen molar-refractivity contribution in [2.45, 2.75) is 25.8 Å². The second-order valence-electron chi connectivity index (χ2n) is 6.88. The molecule has 0 radical (unpaired) electrons. The van der Waals surface area contributed by atoms with Crippen LogP contribution in [0.1, 0.15) is 34.8 Å². The summed E-state index contributed by atoms with van der Waals surface area (Å²) < 4.78 is 1.60. The molecule has 1 fully saturated rings. The molecule has 2 N–H and O–H groups in total. The molecule has 2 heterocycles. The number of hydrogen-bond acceptors (Lipinski definition) is 4. The van der Waals surface area contributed by atoms with Gasteiger partial charge in [-0.1, -0.05) is 35.5 Å². The number of aryl methyl sites for hydroxylation is 1. The molecule has 1 atom stereocenters. The van der Waals surface area contributed by atoms with Crippen LogP contribution >= 0.6 is 0 Å². The molecule has 2 amide bonds. The normalized spacial score (nSPS) is 16.5. The van der Waals surface area contributed by atoms with E-state index < -0.39 is 0 Å². The van der Waals surface area contributed by atoms with Crippen LogP contribution in [0.2, 0.25) is 0 Å². The smallest absolute Gasteiger partial charge is 0.255 e. The SMILES string of the molecule is Cc1ccc(-c2cn(C3CCCNC3=O)nn2)cc1C(=O)Nc1ccccc1. The van der Waals surface area contributed by atoms with Crippen molar-refractivity contribution in [1.29, 1.82) is 0 Å². The average Bonchev–Trinajstić information content (AvgIpc) is 3.19. The third-order valence-electron chi connectivity index (χ3n) is 4.90. The maximum atomic E-state index is 12.7. The molecule has 0 aliphatic carbocycles. The van der Waals surface area contributed by atoms with E-state index in [1.807, 2.05) is 55.5 Å². The summed E-state index contributed by atoms with van der Waals surface area (Å²) in [4.78, 5) is 24.8. The standard InChI is InChI=1S/C21H21N5O2/c1-14-9-10-15(12-17(14)20(27)23-16-6-3-2-4-7-16)18-13-26(25-24-18)19-8-5-11-22-21(19)28/h2-4,6-7,9-10,12-13,19H,5,8,11H2,1H3,(H,22,28)(H,23,27). The zero-order valence-corrected chi connectivity index (χ0v) is 15.6. The number of rotatable bonds is 4. The second-order valence-corrected chi connectivity index (χ2v) is 6.88. The molecule has 142 valence electrons. The number of carbonyl (C=O) groups is 2. The van der Waals surface area contributed by atoms with Crippen molar-refractivity contribution in [1.82, 2.24) is 20.3 Å². The number of hydrogen-bond donors (Lipinski definition) is 2. The van der Waals surface area contributed by atoms with E-state index in [-0.39, 0.29) is 17.9 Å². The van der Waals surface area contributed by atoms with E-state index in [2.05, 4.69) is 20.9 Å². The third kappa shape index (κ3) is 3.64. The summed E-state index contributed by atoms with van der Waals surface area (Å²) in [5, 5.41) is 14.1. The predicted octanol–water partition coefficient (Wildman–Crippen LogP) is 2.96. The quantitative estimate of drug-likeness (QED) is 0.734. The summed E-state index contributed by atoms with van der Waals surface area (Å²) in [5.74, 6) is -0.209. The molecule has 7 nitrogen and oxygen atoms in total. The highest BCUT2D eigenvalue weighted by Gasteiger charge is 2.25. The Labute approximate surface area is 162 Å². The molecule has 3 aromatic rings. The number of carbonyl (C=O) groups excluding carboxylic acids is 2. The summed E-state index contributed by atoms with van der Waals surface area (Å²) in [6.45, 7) is 2.60. The number of nitrogens with zero attached hydrogens (tertiary/aromatic N) is 3. The van der Waals surface area contributed by atoms with Crippen LogP contribution in [0.3, 0.4) is 0 Å². The van der Waals surface area contributed by atoms with Gasteiger partial charge in [0.25, 0.3) is 5.91 Å². The van der Waals surface area contributed by atoms with Gasteiger partial charge in [0.05, 0.1) is 6.20 Å². The Bertz CT molecular complexity index is 1010. The van der Waals surface area contributed by atoms with Gasteiger partial charge in [-0.25, -0.2) is 4.68 Å². The minimum absolute atomic E-state index is 0.0328. The summed E-state index contributed by atoms with van der Waals surface area (Å²) in [7, 11) is 0. The van der Waals surface area contributed by atoms with E-state index in [4.69, 9.17) is 0 Å². The first-order valence-electron chi connectivity index (χ1n) is 9.29. The Morgan fingerprint density at radius 1 is 1.21 bits per heavy atom. The minimum Gasteiger partial charge on any atom is -0.354 e. The van der Waals surface area contributed by atoms with Crippen LogP contribution < -0.4 is 10.6 Å². The zero-order valence-electron chi connectivity index (χ0n) is 15.6. The highest BCUT2D eigenvalue weighted by molar-refractivity contribution is 6.05. The van der Waals surface area contributed by atoms with E-state index in [9.17, 15) is 9.59 Å². The third-order valence-corrected chi connectivity index (χ3v) is 4.90. The van der Waals surface area contributed by atoms with E-state index in [0.717, 1.165) is 29.7 Å². The Balaban J connectivity index is 1.59. The monoisotopic (exact) mass is 375 g/mol. The second kappa shape index (κ2) is 7.64. The number of anilines is 1. The lowest BCUT2D eigenvalue weighted by Gasteiger charge is -2.21. The topological polar surface area (TPSA) is 88.9 Å². The minimum atomic E-state index is -0.332. The number of aromatic nitrogens is 3. The fourth-order valence-corrected chi connectivity index (χ4v) is 3.32. The van der Waals surface area contributed by atoms with Crippen molar-refractivity contribution in [3.8, 4) is 11.3 Å². The molecule has 1 aliphatic rings. The molecule has 1 aromatic heterocycles. The van der Waals surface area contributed by atoms with Gasteiger partial charge < -0.3 is 10.6 Å². The first-order chi connectivity index (χ1) is 13.6. The van der Waals surface area contributed by atoms with Gasteiger partial charge >= 0.3 is 0 Å². The molecule has 1 unspecified atom stereocenters. The van der Waals surface area contributed by atoms with Crippen LogP contribution in [0.5, 0.6) is 0 Å². The van der Waals surface area contributed by atoms with Gasteiger partial charge in [-0.15, -0.1) is 5.10 Å². The van der Waals surface area contributed by atoms with Crippen LogP contribution in [0, 0.1) is 6.92 Å². The number of benzene rings is 2. The Morgan fingerprint density at radius 2 is 2.04 bits per heavy atom. The summed E-state index contributed by atoms with van der Waals surface area (Å²) in [6.07, 6.45) is 3.42. The molecule has 1 saturated heterocycles. The Hall–Kier alpha value is -3.48. The molecule has 4 rings (SSSR count). The molecule has 2 aromatic carbocycles.